The zero-order valence-electron chi connectivity index (χ0n) is 17.4. The first-order valence-electron chi connectivity index (χ1n) is 10.3. The molecule has 0 radical (unpaired) electrons. The summed E-state index contributed by atoms with van der Waals surface area (Å²) in [6.45, 7) is 4.71. The molecular formula is C23H26N4O3. The molecule has 7 heteroatoms. The largest absolute Gasteiger partial charge is 0.494 e. The molecule has 30 heavy (non-hydrogen) atoms. The van der Waals surface area contributed by atoms with Crippen molar-refractivity contribution in [2.75, 3.05) is 31.6 Å². The molecule has 1 amide bonds. The predicted molar refractivity (Wildman–Crippen MR) is 114 cm³/mol. The third-order valence-corrected chi connectivity index (χ3v) is 5.27. The summed E-state index contributed by atoms with van der Waals surface area (Å²) in [5.41, 5.74) is 3.21. The Hall–Kier alpha value is -3.35. The molecule has 0 saturated carbocycles. The van der Waals surface area contributed by atoms with E-state index in [-0.39, 0.29) is 5.91 Å². The highest BCUT2D eigenvalue weighted by atomic mass is 16.5. The summed E-state index contributed by atoms with van der Waals surface area (Å²) in [4.78, 5) is 21.4. The second kappa shape index (κ2) is 8.98. The van der Waals surface area contributed by atoms with Crippen LogP contribution in [0.25, 0.3) is 11.4 Å². The molecule has 3 aromatic rings. The molecule has 0 aliphatic carbocycles. The molecule has 2 heterocycles. The fourth-order valence-electron chi connectivity index (χ4n) is 3.62. The first-order chi connectivity index (χ1) is 14.6. The quantitative estimate of drug-likeness (QED) is 0.623. The number of carbonyl (C=O) groups excluding carboxylic acids is 1. The summed E-state index contributed by atoms with van der Waals surface area (Å²) >= 11 is 0. The van der Waals surface area contributed by atoms with Crippen molar-refractivity contribution in [2.45, 2.75) is 26.3 Å². The zero-order chi connectivity index (χ0) is 20.9. The molecule has 0 N–H and O–H groups in total. The molecule has 0 saturated heterocycles. The van der Waals surface area contributed by atoms with Gasteiger partial charge in [-0.05, 0) is 42.8 Å². The number of anilines is 1. The monoisotopic (exact) mass is 406 g/mol. The molecule has 1 aliphatic heterocycles. The van der Waals surface area contributed by atoms with Gasteiger partial charge < -0.3 is 19.1 Å². The van der Waals surface area contributed by atoms with Gasteiger partial charge in [0.15, 0.2) is 0 Å². The smallest absolute Gasteiger partial charge is 0.227 e. The van der Waals surface area contributed by atoms with Crippen molar-refractivity contribution < 1.29 is 14.1 Å². The third-order valence-electron chi connectivity index (χ3n) is 5.27. The normalized spacial score (nSPS) is 13.7. The molecule has 0 bridgehead atoms. The SMILES string of the molecule is CCOc1ccc(-c2noc(CCC(=O)N3CCN(C)c4ccccc4C3)n2)cc1. The molecule has 0 atom stereocenters. The number of amides is 1. The second-order valence-corrected chi connectivity index (χ2v) is 7.33. The van der Waals surface area contributed by atoms with Crippen molar-refractivity contribution in [1.29, 1.82) is 0 Å². The Labute approximate surface area is 176 Å². The highest BCUT2D eigenvalue weighted by Gasteiger charge is 2.21. The average Bonchev–Trinajstić information content (AvgIpc) is 3.18. The molecule has 2 aromatic carbocycles. The number of carbonyl (C=O) groups is 1. The molecule has 1 aliphatic rings. The lowest BCUT2D eigenvalue weighted by atomic mass is 10.1. The van der Waals surface area contributed by atoms with Crippen LogP contribution in [-0.2, 0) is 17.8 Å². The van der Waals surface area contributed by atoms with Gasteiger partial charge in [-0.15, -0.1) is 0 Å². The standard InChI is InChI=1S/C23H26N4O3/c1-3-29-19-10-8-17(9-11-19)23-24-21(30-25-23)12-13-22(28)27-15-14-26(2)20-7-5-4-6-18(20)16-27/h4-11H,3,12-16H2,1-2H3. The Bertz CT molecular complexity index is 1000. The van der Waals surface area contributed by atoms with Crippen molar-refractivity contribution in [1.82, 2.24) is 15.0 Å². The van der Waals surface area contributed by atoms with E-state index < -0.39 is 0 Å². The summed E-state index contributed by atoms with van der Waals surface area (Å²) in [7, 11) is 2.06. The molecule has 156 valence electrons. The number of benzene rings is 2. The number of ether oxygens (including phenoxy) is 1. The van der Waals surface area contributed by atoms with Gasteiger partial charge in [-0.25, -0.2) is 0 Å². The van der Waals surface area contributed by atoms with Crippen LogP contribution in [0.2, 0.25) is 0 Å². The minimum atomic E-state index is 0.0981. The van der Waals surface area contributed by atoms with E-state index in [1.807, 2.05) is 48.2 Å². The van der Waals surface area contributed by atoms with Crippen LogP contribution in [0.4, 0.5) is 5.69 Å². The molecule has 0 fully saturated rings. The summed E-state index contributed by atoms with van der Waals surface area (Å²) in [5.74, 6) is 1.89. The molecule has 4 rings (SSSR count). The van der Waals surface area contributed by atoms with Crippen LogP contribution in [0.15, 0.2) is 53.1 Å². The number of para-hydroxylation sites is 1. The number of aromatic nitrogens is 2. The van der Waals surface area contributed by atoms with E-state index in [2.05, 4.69) is 34.2 Å². The molecule has 1 aromatic heterocycles. The summed E-state index contributed by atoms with van der Waals surface area (Å²) in [5, 5.41) is 4.05. The molecule has 7 nitrogen and oxygen atoms in total. The maximum absolute atomic E-state index is 12.8. The van der Waals surface area contributed by atoms with Crippen molar-refractivity contribution in [3.8, 4) is 17.1 Å². The third kappa shape index (κ3) is 4.45. The van der Waals surface area contributed by atoms with Crippen LogP contribution in [-0.4, -0.2) is 47.7 Å². The highest BCUT2D eigenvalue weighted by Crippen LogP contribution is 2.24. The summed E-state index contributed by atoms with van der Waals surface area (Å²) in [6, 6.07) is 15.8. The van der Waals surface area contributed by atoms with Crippen molar-refractivity contribution in [3.05, 3.63) is 60.0 Å². The van der Waals surface area contributed by atoms with E-state index >= 15 is 0 Å². The predicted octanol–water partition coefficient (Wildman–Crippen LogP) is 3.55. The number of hydrogen-bond acceptors (Lipinski definition) is 6. The second-order valence-electron chi connectivity index (χ2n) is 7.33. The Morgan fingerprint density at radius 3 is 2.73 bits per heavy atom. The van der Waals surface area contributed by atoms with Crippen molar-refractivity contribution in [3.63, 3.8) is 0 Å². The van der Waals surface area contributed by atoms with E-state index in [9.17, 15) is 4.79 Å². The Balaban J connectivity index is 1.36. The van der Waals surface area contributed by atoms with Gasteiger partial charge in [0.1, 0.15) is 5.75 Å². The summed E-state index contributed by atoms with van der Waals surface area (Å²) in [6.07, 6.45) is 0.771. The van der Waals surface area contributed by atoms with Crippen molar-refractivity contribution >= 4 is 11.6 Å². The van der Waals surface area contributed by atoms with Gasteiger partial charge in [0.2, 0.25) is 17.6 Å². The van der Waals surface area contributed by atoms with Gasteiger partial charge in [0, 0.05) is 50.8 Å². The lowest BCUT2D eigenvalue weighted by Gasteiger charge is -2.20. The van der Waals surface area contributed by atoms with E-state index in [4.69, 9.17) is 9.26 Å². The Morgan fingerprint density at radius 1 is 1.13 bits per heavy atom. The number of fused-ring (bicyclic) bond motifs is 1. The van der Waals surface area contributed by atoms with Crippen LogP contribution >= 0.6 is 0 Å². The highest BCUT2D eigenvalue weighted by molar-refractivity contribution is 5.77. The maximum atomic E-state index is 12.8. The van der Waals surface area contributed by atoms with Crippen LogP contribution < -0.4 is 9.64 Å². The van der Waals surface area contributed by atoms with Crippen LogP contribution in [0.3, 0.4) is 0 Å². The summed E-state index contributed by atoms with van der Waals surface area (Å²) < 4.78 is 10.8. The molecule has 0 unspecified atom stereocenters. The minimum absolute atomic E-state index is 0.0981. The first kappa shape index (κ1) is 19.9. The van der Waals surface area contributed by atoms with Gasteiger partial charge in [0.05, 0.1) is 6.61 Å². The Kier molecular flexibility index (Phi) is 5.97. The number of rotatable bonds is 6. The van der Waals surface area contributed by atoms with Gasteiger partial charge in [0.25, 0.3) is 0 Å². The lowest BCUT2D eigenvalue weighted by molar-refractivity contribution is -0.131. The van der Waals surface area contributed by atoms with Crippen molar-refractivity contribution in [2.24, 2.45) is 0 Å². The van der Waals surface area contributed by atoms with E-state index in [0.717, 1.165) is 17.9 Å². The van der Waals surface area contributed by atoms with Gasteiger partial charge >= 0.3 is 0 Å². The topological polar surface area (TPSA) is 71.7 Å². The number of likely N-dealkylation sites (N-methyl/N-ethyl adjacent to an activating group) is 1. The van der Waals surface area contributed by atoms with Gasteiger partial charge in [-0.3, -0.25) is 4.79 Å². The number of aryl methyl sites for hydroxylation is 1. The number of hydrogen-bond donors (Lipinski definition) is 0. The van der Waals surface area contributed by atoms with Gasteiger partial charge in [-0.2, -0.15) is 4.98 Å². The van der Waals surface area contributed by atoms with Crippen LogP contribution in [0, 0.1) is 0 Å². The Morgan fingerprint density at radius 2 is 1.93 bits per heavy atom. The fourth-order valence-corrected chi connectivity index (χ4v) is 3.62. The van der Waals surface area contributed by atoms with E-state index in [1.54, 1.807) is 0 Å². The maximum Gasteiger partial charge on any atom is 0.227 e. The number of nitrogens with zero attached hydrogens (tertiary/aromatic N) is 4. The lowest BCUT2D eigenvalue weighted by Crippen LogP contribution is -2.34. The van der Waals surface area contributed by atoms with E-state index in [1.165, 1.54) is 11.3 Å². The van der Waals surface area contributed by atoms with Gasteiger partial charge in [-0.1, -0.05) is 23.4 Å². The average molecular weight is 406 g/mol. The van der Waals surface area contributed by atoms with Crippen LogP contribution in [0.1, 0.15) is 24.8 Å². The fraction of sp³-hybridized carbons (Fsp3) is 0.348. The molecule has 0 spiro atoms. The minimum Gasteiger partial charge on any atom is -0.494 e. The zero-order valence-corrected chi connectivity index (χ0v) is 17.4. The molecular weight excluding hydrogens is 380 g/mol. The van der Waals surface area contributed by atoms with E-state index in [0.29, 0.717) is 44.3 Å². The first-order valence-corrected chi connectivity index (χ1v) is 10.3. The van der Waals surface area contributed by atoms with Crippen LogP contribution in [0.5, 0.6) is 5.75 Å².